The van der Waals surface area contributed by atoms with E-state index in [1.165, 1.54) is 21.3 Å². The summed E-state index contributed by atoms with van der Waals surface area (Å²) in [5, 5.41) is 10.5. The van der Waals surface area contributed by atoms with Gasteiger partial charge in [0.2, 0.25) is 5.75 Å². The number of Topliss-reactive ketones (excluding diaryl/α,β-unsaturated/α-hetero) is 1. The van der Waals surface area contributed by atoms with Crippen LogP contribution in [-0.4, -0.2) is 32.9 Å². The summed E-state index contributed by atoms with van der Waals surface area (Å²) in [6.07, 6.45) is 1.02. The van der Waals surface area contributed by atoms with E-state index in [4.69, 9.17) is 24.9 Å². The van der Waals surface area contributed by atoms with Crippen molar-refractivity contribution in [1.82, 2.24) is 0 Å². The minimum absolute atomic E-state index is 0.00630. The van der Waals surface area contributed by atoms with Gasteiger partial charge in [0.1, 0.15) is 5.84 Å². The van der Waals surface area contributed by atoms with Gasteiger partial charge in [-0.3, -0.25) is 9.69 Å². The number of amidine groups is 1. The molecule has 1 atom stereocenters. The van der Waals surface area contributed by atoms with Gasteiger partial charge in [0.15, 0.2) is 23.1 Å². The van der Waals surface area contributed by atoms with Gasteiger partial charge >= 0.3 is 0 Å². The molecule has 3 aliphatic rings. The molecule has 184 valence electrons. The van der Waals surface area contributed by atoms with E-state index in [1.807, 2.05) is 29.2 Å². The number of hydrogen-bond donors (Lipinski definition) is 1. The van der Waals surface area contributed by atoms with Crippen molar-refractivity contribution >= 4 is 17.3 Å². The third kappa shape index (κ3) is 3.42. The van der Waals surface area contributed by atoms with E-state index in [-0.39, 0.29) is 11.2 Å². The lowest BCUT2D eigenvalue weighted by Crippen LogP contribution is -2.42. The Morgan fingerprint density at radius 2 is 1.75 bits per heavy atom. The molecule has 0 spiro atoms. The molecule has 1 aliphatic carbocycles. The number of nitrogens with two attached hydrogens (primary N) is 1. The van der Waals surface area contributed by atoms with Crippen LogP contribution in [0.15, 0.2) is 64.1 Å². The summed E-state index contributed by atoms with van der Waals surface area (Å²) in [4.78, 5) is 20.5. The number of nitriles is 1. The molecular formula is C28H28N4O4. The van der Waals surface area contributed by atoms with Crippen LogP contribution in [-0.2, 0) is 4.79 Å². The zero-order valence-corrected chi connectivity index (χ0v) is 21.0. The summed E-state index contributed by atoms with van der Waals surface area (Å²) in [6, 6.07) is 13.6. The first-order chi connectivity index (χ1) is 17.2. The number of ketones is 1. The number of allylic oxidation sites excluding steroid dienone is 3. The SMILES string of the molecule is COc1cc(C2C(C#N)=C3N=C(N)c4ccccc4N3C3=C2C(=O)CC(C)(C)C3)cc(OC)c1OC. The highest BCUT2D eigenvalue weighted by Crippen LogP contribution is 2.54. The third-order valence-electron chi connectivity index (χ3n) is 6.98. The zero-order valence-electron chi connectivity index (χ0n) is 21.0. The Morgan fingerprint density at radius 3 is 2.36 bits per heavy atom. The summed E-state index contributed by atoms with van der Waals surface area (Å²) in [5.74, 6) is 1.45. The van der Waals surface area contributed by atoms with Crippen molar-refractivity contribution in [2.45, 2.75) is 32.6 Å². The minimum atomic E-state index is -0.657. The number of rotatable bonds is 4. The molecular weight excluding hydrogens is 456 g/mol. The number of para-hydroxylation sites is 1. The van der Waals surface area contributed by atoms with E-state index >= 15 is 0 Å². The number of benzene rings is 2. The van der Waals surface area contributed by atoms with Crippen LogP contribution in [0.25, 0.3) is 0 Å². The standard InChI is InChI=1S/C28H28N4O4/c1-28(2)12-19-24(20(33)13-28)23(15-10-21(34-3)25(36-5)22(11-15)35-4)17(14-29)27-31-26(30)16-8-6-7-9-18(16)32(19)27/h6-11,23H,12-13H2,1-5H3,(H2,30,31). The highest BCUT2D eigenvalue weighted by molar-refractivity contribution is 6.08. The number of methoxy groups -OCH3 is 3. The van der Waals surface area contributed by atoms with Crippen molar-refractivity contribution in [3.05, 3.63) is 70.2 Å². The Labute approximate surface area is 210 Å². The number of nitrogens with zero attached hydrogens (tertiary/aromatic N) is 3. The molecule has 8 nitrogen and oxygen atoms in total. The van der Waals surface area contributed by atoms with Crippen LogP contribution >= 0.6 is 0 Å². The molecule has 0 amide bonds. The molecule has 0 fully saturated rings. The molecule has 2 aliphatic heterocycles. The number of aliphatic imine (C=N–C) groups is 1. The first kappa shape index (κ1) is 23.5. The summed E-state index contributed by atoms with van der Waals surface area (Å²) in [6.45, 7) is 4.17. The van der Waals surface area contributed by atoms with E-state index < -0.39 is 5.92 Å². The smallest absolute Gasteiger partial charge is 0.203 e. The van der Waals surface area contributed by atoms with Crippen molar-refractivity contribution in [2.24, 2.45) is 16.1 Å². The Balaban J connectivity index is 1.85. The average molecular weight is 485 g/mol. The largest absolute Gasteiger partial charge is 0.493 e. The van der Waals surface area contributed by atoms with Gasteiger partial charge in [-0.25, -0.2) is 4.99 Å². The van der Waals surface area contributed by atoms with Crippen LogP contribution in [0, 0.1) is 16.7 Å². The fourth-order valence-corrected chi connectivity index (χ4v) is 5.50. The molecule has 1 unspecified atom stereocenters. The van der Waals surface area contributed by atoms with Crippen LogP contribution < -0.4 is 24.8 Å². The molecule has 0 bridgehead atoms. The highest BCUT2D eigenvalue weighted by Gasteiger charge is 2.47. The normalized spacial score (nSPS) is 20.1. The van der Waals surface area contributed by atoms with E-state index in [9.17, 15) is 10.1 Å². The minimum Gasteiger partial charge on any atom is -0.493 e. The summed E-state index contributed by atoms with van der Waals surface area (Å²) >= 11 is 0. The van der Waals surface area contributed by atoms with E-state index in [1.54, 1.807) is 12.1 Å². The second kappa shape index (κ2) is 8.45. The van der Waals surface area contributed by atoms with Gasteiger partial charge in [0.25, 0.3) is 0 Å². The van der Waals surface area contributed by atoms with E-state index in [0.29, 0.717) is 58.5 Å². The predicted octanol–water partition coefficient (Wildman–Crippen LogP) is 4.41. The Hall–Kier alpha value is -4.25. The maximum Gasteiger partial charge on any atom is 0.203 e. The average Bonchev–Trinajstić information content (AvgIpc) is 2.86. The number of carbonyl (C=O) groups excluding carboxylic acids is 1. The Bertz CT molecular complexity index is 1400. The highest BCUT2D eigenvalue weighted by atomic mass is 16.5. The van der Waals surface area contributed by atoms with Crippen molar-refractivity contribution < 1.29 is 19.0 Å². The van der Waals surface area contributed by atoms with Crippen LogP contribution in [0.1, 0.15) is 43.7 Å². The fraction of sp³-hybridized carbons (Fsp3) is 0.321. The quantitative estimate of drug-likeness (QED) is 0.684. The molecule has 0 radical (unpaired) electrons. The van der Waals surface area contributed by atoms with Crippen LogP contribution in [0.4, 0.5) is 5.69 Å². The topological polar surface area (TPSA) is 110 Å². The lowest BCUT2D eigenvalue weighted by molar-refractivity contribution is -0.118. The van der Waals surface area contributed by atoms with Crippen molar-refractivity contribution in [3.8, 4) is 23.3 Å². The number of ether oxygens (including phenoxy) is 3. The number of anilines is 1. The molecule has 8 heteroatoms. The third-order valence-corrected chi connectivity index (χ3v) is 6.98. The molecule has 36 heavy (non-hydrogen) atoms. The fourth-order valence-electron chi connectivity index (χ4n) is 5.50. The summed E-state index contributed by atoms with van der Waals surface area (Å²) < 4.78 is 16.7. The molecule has 0 saturated carbocycles. The van der Waals surface area contributed by atoms with Gasteiger partial charge in [-0.15, -0.1) is 0 Å². The van der Waals surface area contributed by atoms with Gasteiger partial charge < -0.3 is 19.9 Å². The van der Waals surface area contributed by atoms with E-state index in [2.05, 4.69) is 19.9 Å². The first-order valence-electron chi connectivity index (χ1n) is 11.7. The lowest BCUT2D eigenvalue weighted by atomic mass is 9.68. The number of hydrogen-bond acceptors (Lipinski definition) is 8. The monoisotopic (exact) mass is 484 g/mol. The first-order valence-corrected chi connectivity index (χ1v) is 11.7. The van der Waals surface area contributed by atoms with Gasteiger partial charge in [-0.2, -0.15) is 5.26 Å². The van der Waals surface area contributed by atoms with Gasteiger partial charge in [0, 0.05) is 23.3 Å². The Kier molecular flexibility index (Phi) is 5.51. The Morgan fingerprint density at radius 1 is 1.08 bits per heavy atom. The zero-order chi connectivity index (χ0) is 25.8. The number of carbonyl (C=O) groups is 1. The predicted molar refractivity (Wildman–Crippen MR) is 136 cm³/mol. The molecule has 5 rings (SSSR count). The second-order valence-corrected chi connectivity index (χ2v) is 9.89. The molecule has 2 heterocycles. The summed E-state index contributed by atoms with van der Waals surface area (Å²) in [7, 11) is 4.61. The summed E-state index contributed by atoms with van der Waals surface area (Å²) in [5.41, 5.74) is 10.2. The maximum atomic E-state index is 13.8. The lowest BCUT2D eigenvalue weighted by Gasteiger charge is -2.45. The van der Waals surface area contributed by atoms with Crippen molar-refractivity contribution in [3.63, 3.8) is 0 Å². The van der Waals surface area contributed by atoms with Crippen LogP contribution in [0.5, 0.6) is 17.2 Å². The molecule has 2 aromatic carbocycles. The molecule has 0 saturated heterocycles. The van der Waals surface area contributed by atoms with Gasteiger partial charge in [-0.1, -0.05) is 26.0 Å². The van der Waals surface area contributed by atoms with Crippen molar-refractivity contribution in [2.75, 3.05) is 26.2 Å². The van der Waals surface area contributed by atoms with Crippen molar-refractivity contribution in [1.29, 1.82) is 5.26 Å². The molecule has 2 aromatic rings. The maximum absolute atomic E-state index is 13.8. The van der Waals surface area contributed by atoms with Crippen LogP contribution in [0.2, 0.25) is 0 Å². The number of fused-ring (bicyclic) bond motifs is 4. The molecule has 0 aromatic heterocycles. The van der Waals surface area contributed by atoms with Gasteiger partial charge in [-0.05, 0) is 41.7 Å². The van der Waals surface area contributed by atoms with Crippen LogP contribution in [0.3, 0.4) is 0 Å². The van der Waals surface area contributed by atoms with E-state index in [0.717, 1.165) is 16.9 Å². The molecule has 2 N–H and O–H groups in total. The van der Waals surface area contributed by atoms with Gasteiger partial charge in [0.05, 0.1) is 44.6 Å². The second-order valence-electron chi connectivity index (χ2n) is 9.89.